The first-order chi connectivity index (χ1) is 9.16. The van der Waals surface area contributed by atoms with E-state index in [9.17, 15) is 0 Å². The number of hydrogen-bond donors (Lipinski definition) is 1. The molecule has 0 aliphatic heterocycles. The Kier molecular flexibility index (Phi) is 3.21. The lowest BCUT2D eigenvalue weighted by molar-refractivity contribution is 0.265. The summed E-state index contributed by atoms with van der Waals surface area (Å²) in [5.41, 5.74) is 8.90. The average Bonchev–Trinajstić information content (AvgIpc) is 2.74. The molecule has 1 aliphatic carbocycles. The fourth-order valence-corrected chi connectivity index (χ4v) is 3.58. The zero-order valence-electron chi connectivity index (χ0n) is 11.9. The lowest BCUT2D eigenvalue weighted by Gasteiger charge is -2.29. The molecule has 2 aromatic rings. The highest BCUT2D eigenvalue weighted by Gasteiger charge is 2.23. The first-order valence-electron chi connectivity index (χ1n) is 7.41. The molecule has 1 heterocycles. The number of aryl methyl sites for hydroxylation is 1. The molecule has 1 aromatic carbocycles. The van der Waals surface area contributed by atoms with E-state index in [0.717, 1.165) is 22.9 Å². The molecule has 1 saturated carbocycles. The summed E-state index contributed by atoms with van der Waals surface area (Å²) in [5, 5.41) is 0. The van der Waals surface area contributed by atoms with Crippen LogP contribution in [0.4, 0.5) is 5.69 Å². The van der Waals surface area contributed by atoms with Crippen LogP contribution >= 0.6 is 0 Å². The van der Waals surface area contributed by atoms with Gasteiger partial charge in [0, 0.05) is 11.7 Å². The molecule has 0 saturated heterocycles. The van der Waals surface area contributed by atoms with Crippen molar-refractivity contribution in [3.8, 4) is 0 Å². The normalized spacial score (nSPS) is 18.8. The third-order valence-electron chi connectivity index (χ3n) is 4.63. The van der Waals surface area contributed by atoms with Crippen LogP contribution in [0.1, 0.15) is 50.9 Å². The van der Waals surface area contributed by atoms with Crippen LogP contribution < -0.4 is 5.73 Å². The highest BCUT2D eigenvalue weighted by Crippen LogP contribution is 2.35. The standard InChI is InChI=1S/C16H23N3/c1-11(13-6-4-3-5-7-13)19-12(2)18-15-10-14(17)8-9-16(15)19/h8-11,13H,3-7,17H2,1-2H3. The Labute approximate surface area is 114 Å². The number of rotatable bonds is 2. The molecule has 2 N–H and O–H groups in total. The van der Waals surface area contributed by atoms with Crippen LogP contribution in [0.3, 0.4) is 0 Å². The van der Waals surface area contributed by atoms with Crippen molar-refractivity contribution >= 4 is 16.7 Å². The summed E-state index contributed by atoms with van der Waals surface area (Å²) >= 11 is 0. The lowest BCUT2D eigenvalue weighted by atomic mass is 9.84. The quantitative estimate of drug-likeness (QED) is 0.824. The van der Waals surface area contributed by atoms with Crippen LogP contribution in [-0.2, 0) is 0 Å². The number of anilines is 1. The van der Waals surface area contributed by atoms with Gasteiger partial charge in [-0.1, -0.05) is 19.3 Å². The summed E-state index contributed by atoms with van der Waals surface area (Å²) in [4.78, 5) is 4.67. The highest BCUT2D eigenvalue weighted by molar-refractivity contribution is 5.79. The number of nitrogens with two attached hydrogens (primary N) is 1. The van der Waals surface area contributed by atoms with E-state index in [2.05, 4.69) is 29.5 Å². The van der Waals surface area contributed by atoms with Gasteiger partial charge in [-0.05, 0) is 50.8 Å². The zero-order chi connectivity index (χ0) is 13.4. The summed E-state index contributed by atoms with van der Waals surface area (Å²) in [6, 6.07) is 6.61. The van der Waals surface area contributed by atoms with Crippen LogP contribution in [0.5, 0.6) is 0 Å². The summed E-state index contributed by atoms with van der Waals surface area (Å²) < 4.78 is 2.41. The lowest BCUT2D eigenvalue weighted by Crippen LogP contribution is -2.20. The summed E-state index contributed by atoms with van der Waals surface area (Å²) in [6.07, 6.45) is 6.88. The molecule has 3 heteroatoms. The van der Waals surface area contributed by atoms with Gasteiger partial charge in [-0.2, -0.15) is 0 Å². The molecular formula is C16H23N3. The number of benzene rings is 1. The summed E-state index contributed by atoms with van der Waals surface area (Å²) in [6.45, 7) is 4.45. The summed E-state index contributed by atoms with van der Waals surface area (Å²) in [5.74, 6) is 1.90. The van der Waals surface area contributed by atoms with E-state index in [1.165, 1.54) is 37.6 Å². The number of hydrogen-bond acceptors (Lipinski definition) is 2. The van der Waals surface area contributed by atoms with Crippen molar-refractivity contribution in [2.24, 2.45) is 5.92 Å². The predicted molar refractivity (Wildman–Crippen MR) is 80.2 cm³/mol. The maximum atomic E-state index is 5.85. The molecule has 1 atom stereocenters. The van der Waals surface area contributed by atoms with Gasteiger partial charge >= 0.3 is 0 Å². The number of fused-ring (bicyclic) bond motifs is 1. The van der Waals surface area contributed by atoms with E-state index in [0.29, 0.717) is 6.04 Å². The van der Waals surface area contributed by atoms with Gasteiger partial charge in [0.1, 0.15) is 5.82 Å². The van der Waals surface area contributed by atoms with Gasteiger partial charge in [0.25, 0.3) is 0 Å². The van der Waals surface area contributed by atoms with Crippen LogP contribution in [0.15, 0.2) is 18.2 Å². The second-order valence-corrected chi connectivity index (χ2v) is 5.92. The van der Waals surface area contributed by atoms with Crippen molar-refractivity contribution in [1.29, 1.82) is 0 Å². The second-order valence-electron chi connectivity index (χ2n) is 5.92. The number of nitrogen functional groups attached to an aromatic ring is 1. The van der Waals surface area contributed by atoms with E-state index >= 15 is 0 Å². The maximum absolute atomic E-state index is 5.85. The molecular weight excluding hydrogens is 234 g/mol. The van der Waals surface area contributed by atoms with Crippen molar-refractivity contribution in [1.82, 2.24) is 9.55 Å². The Balaban J connectivity index is 2.01. The molecule has 0 amide bonds. The molecule has 3 rings (SSSR count). The number of aromatic nitrogens is 2. The van der Waals surface area contributed by atoms with Gasteiger partial charge in [-0.15, -0.1) is 0 Å². The first kappa shape index (κ1) is 12.5. The molecule has 1 aromatic heterocycles. The number of imidazole rings is 1. The Morgan fingerprint density at radius 3 is 2.74 bits per heavy atom. The van der Waals surface area contributed by atoms with Gasteiger partial charge in [-0.3, -0.25) is 0 Å². The van der Waals surface area contributed by atoms with Gasteiger partial charge < -0.3 is 10.3 Å². The minimum atomic E-state index is 0.536. The molecule has 102 valence electrons. The van der Waals surface area contributed by atoms with Crippen LogP contribution in [0.25, 0.3) is 11.0 Å². The fourth-order valence-electron chi connectivity index (χ4n) is 3.58. The van der Waals surface area contributed by atoms with Crippen LogP contribution in [0, 0.1) is 12.8 Å². The van der Waals surface area contributed by atoms with Crippen LogP contribution in [-0.4, -0.2) is 9.55 Å². The smallest absolute Gasteiger partial charge is 0.106 e. The molecule has 1 unspecified atom stereocenters. The van der Waals surface area contributed by atoms with E-state index in [1.54, 1.807) is 0 Å². The van der Waals surface area contributed by atoms with Gasteiger partial charge in [-0.25, -0.2) is 4.98 Å². The molecule has 3 nitrogen and oxygen atoms in total. The molecule has 0 radical (unpaired) electrons. The topological polar surface area (TPSA) is 43.8 Å². The Morgan fingerprint density at radius 1 is 1.26 bits per heavy atom. The zero-order valence-corrected chi connectivity index (χ0v) is 11.9. The van der Waals surface area contributed by atoms with Gasteiger partial charge in [0.2, 0.25) is 0 Å². The maximum Gasteiger partial charge on any atom is 0.106 e. The average molecular weight is 257 g/mol. The van der Waals surface area contributed by atoms with E-state index in [-0.39, 0.29) is 0 Å². The Bertz CT molecular complexity index is 579. The summed E-state index contributed by atoms with van der Waals surface area (Å²) in [7, 11) is 0. The molecule has 1 aliphatic rings. The largest absolute Gasteiger partial charge is 0.399 e. The van der Waals surface area contributed by atoms with Crippen molar-refractivity contribution in [3.05, 3.63) is 24.0 Å². The minimum Gasteiger partial charge on any atom is -0.399 e. The van der Waals surface area contributed by atoms with Crippen molar-refractivity contribution < 1.29 is 0 Å². The fraction of sp³-hybridized carbons (Fsp3) is 0.562. The van der Waals surface area contributed by atoms with Gasteiger partial charge in [0.05, 0.1) is 11.0 Å². The first-order valence-corrected chi connectivity index (χ1v) is 7.41. The van der Waals surface area contributed by atoms with E-state index in [4.69, 9.17) is 5.73 Å². The Hall–Kier alpha value is -1.51. The SMILES string of the molecule is Cc1nc2cc(N)ccc2n1C(C)C1CCCCC1. The van der Waals surface area contributed by atoms with E-state index in [1.807, 2.05) is 12.1 Å². The molecule has 0 spiro atoms. The minimum absolute atomic E-state index is 0.536. The second kappa shape index (κ2) is 4.87. The monoisotopic (exact) mass is 257 g/mol. The van der Waals surface area contributed by atoms with Crippen molar-refractivity contribution in [3.63, 3.8) is 0 Å². The highest BCUT2D eigenvalue weighted by atomic mass is 15.1. The third-order valence-corrected chi connectivity index (χ3v) is 4.63. The van der Waals surface area contributed by atoms with Crippen molar-refractivity contribution in [2.75, 3.05) is 5.73 Å². The third kappa shape index (κ3) is 2.22. The molecule has 0 bridgehead atoms. The van der Waals surface area contributed by atoms with Gasteiger partial charge in [0.15, 0.2) is 0 Å². The molecule has 19 heavy (non-hydrogen) atoms. The van der Waals surface area contributed by atoms with Crippen LogP contribution in [0.2, 0.25) is 0 Å². The molecule has 1 fully saturated rings. The van der Waals surface area contributed by atoms with Crippen molar-refractivity contribution in [2.45, 2.75) is 52.0 Å². The predicted octanol–water partition coefficient (Wildman–Crippen LogP) is 4.07. The Morgan fingerprint density at radius 2 is 2.00 bits per heavy atom. The van der Waals surface area contributed by atoms with E-state index < -0.39 is 0 Å². The number of nitrogens with zero attached hydrogens (tertiary/aromatic N) is 2.